The summed E-state index contributed by atoms with van der Waals surface area (Å²) in [6, 6.07) is -0.553. The number of primary amides is 2. The molecule has 3 amide bonds. The molecule has 0 saturated carbocycles. The highest BCUT2D eigenvalue weighted by atomic mass is 32.2. The summed E-state index contributed by atoms with van der Waals surface area (Å²) in [5, 5.41) is 2.18. The van der Waals surface area contributed by atoms with Crippen molar-refractivity contribution in [2.45, 2.75) is 12.2 Å². The van der Waals surface area contributed by atoms with E-state index < -0.39 is 6.03 Å². The Morgan fingerprint density at radius 1 is 1.50 bits per heavy atom. The van der Waals surface area contributed by atoms with E-state index in [9.17, 15) is 9.59 Å². The molecule has 5 nitrogen and oxygen atoms in total. The van der Waals surface area contributed by atoms with Crippen LogP contribution in [0.1, 0.15) is 6.92 Å². The van der Waals surface area contributed by atoms with Crippen molar-refractivity contribution in [1.82, 2.24) is 5.32 Å². The average Bonchev–Trinajstić information content (AvgIpc) is 1.97. The van der Waals surface area contributed by atoms with Crippen LogP contribution < -0.4 is 16.8 Å². The highest BCUT2D eigenvalue weighted by molar-refractivity contribution is 8.00. The van der Waals surface area contributed by atoms with Gasteiger partial charge in [-0.05, 0) is 6.92 Å². The topological polar surface area (TPSA) is 98.2 Å². The molecule has 0 rings (SSSR count). The zero-order valence-electron chi connectivity index (χ0n) is 6.87. The lowest BCUT2D eigenvalue weighted by atomic mass is 10.5. The van der Waals surface area contributed by atoms with Gasteiger partial charge in [0.25, 0.3) is 0 Å². The monoisotopic (exact) mass is 191 g/mol. The van der Waals surface area contributed by atoms with Crippen LogP contribution in [0.5, 0.6) is 0 Å². The van der Waals surface area contributed by atoms with Gasteiger partial charge < -0.3 is 16.8 Å². The summed E-state index contributed by atoms with van der Waals surface area (Å²) in [4.78, 5) is 20.7. The number of nitrogens with two attached hydrogens (primary N) is 2. The molecule has 70 valence electrons. The molecule has 0 radical (unpaired) electrons. The highest BCUT2D eigenvalue weighted by Gasteiger charge is 2.07. The standard InChI is InChI=1S/C6H13N3O2S/c1-4(5(7)10)12-3-2-9-6(8)11/h4H,2-3H2,1H3,(H2,7,10)(H3,8,9,11). The van der Waals surface area contributed by atoms with Crippen LogP contribution in [0.3, 0.4) is 0 Å². The minimum Gasteiger partial charge on any atom is -0.369 e. The molecule has 1 unspecified atom stereocenters. The Morgan fingerprint density at radius 2 is 2.08 bits per heavy atom. The molecule has 0 aromatic carbocycles. The SMILES string of the molecule is CC(SCCNC(N)=O)C(N)=O. The van der Waals surface area contributed by atoms with E-state index in [0.717, 1.165) is 0 Å². The number of hydrogen-bond acceptors (Lipinski definition) is 3. The summed E-state index contributed by atoms with van der Waals surface area (Å²) in [6.07, 6.45) is 0. The molecular formula is C6H13N3O2S. The average molecular weight is 191 g/mol. The molecule has 1 atom stereocenters. The molecule has 12 heavy (non-hydrogen) atoms. The second kappa shape index (κ2) is 5.70. The van der Waals surface area contributed by atoms with Crippen molar-refractivity contribution in [2.75, 3.05) is 12.3 Å². The van der Waals surface area contributed by atoms with E-state index in [0.29, 0.717) is 12.3 Å². The Bertz CT molecular complexity index is 174. The summed E-state index contributed by atoms with van der Waals surface area (Å²) in [5.74, 6) is 0.284. The van der Waals surface area contributed by atoms with Crippen LogP contribution in [0.2, 0.25) is 0 Å². The Kier molecular flexibility index (Phi) is 5.27. The zero-order valence-corrected chi connectivity index (χ0v) is 7.69. The molecular weight excluding hydrogens is 178 g/mol. The lowest BCUT2D eigenvalue weighted by molar-refractivity contribution is -0.117. The quantitative estimate of drug-likeness (QED) is 0.499. The van der Waals surface area contributed by atoms with Crippen molar-refractivity contribution in [3.05, 3.63) is 0 Å². The Hall–Kier alpha value is -0.910. The number of carbonyl (C=O) groups excluding carboxylic acids is 2. The fraction of sp³-hybridized carbons (Fsp3) is 0.667. The molecule has 0 bridgehead atoms. The van der Waals surface area contributed by atoms with Crippen molar-refractivity contribution in [1.29, 1.82) is 0 Å². The van der Waals surface area contributed by atoms with Crippen LogP contribution >= 0.6 is 11.8 Å². The number of thioether (sulfide) groups is 1. The second-order valence-electron chi connectivity index (χ2n) is 2.21. The number of nitrogens with one attached hydrogen (secondary N) is 1. The first-order valence-corrected chi connectivity index (χ1v) is 4.53. The lowest BCUT2D eigenvalue weighted by Gasteiger charge is -2.06. The van der Waals surface area contributed by atoms with Gasteiger partial charge in [-0.3, -0.25) is 4.79 Å². The maximum Gasteiger partial charge on any atom is 0.312 e. The van der Waals surface area contributed by atoms with E-state index in [-0.39, 0.29) is 11.2 Å². The van der Waals surface area contributed by atoms with Gasteiger partial charge in [0.05, 0.1) is 5.25 Å². The summed E-state index contributed by atoms with van der Waals surface area (Å²) < 4.78 is 0. The molecule has 0 spiro atoms. The molecule has 0 aliphatic heterocycles. The molecule has 0 aliphatic rings. The van der Waals surface area contributed by atoms with Crippen LogP contribution in [0.25, 0.3) is 0 Å². The molecule has 6 heteroatoms. The van der Waals surface area contributed by atoms with Crippen LogP contribution in [-0.2, 0) is 4.79 Å². The number of hydrogen-bond donors (Lipinski definition) is 3. The van der Waals surface area contributed by atoms with E-state index in [4.69, 9.17) is 11.5 Å². The van der Waals surface area contributed by atoms with Gasteiger partial charge in [0.2, 0.25) is 5.91 Å². The largest absolute Gasteiger partial charge is 0.369 e. The predicted molar refractivity (Wildman–Crippen MR) is 48.7 cm³/mol. The van der Waals surface area contributed by atoms with Gasteiger partial charge in [0.15, 0.2) is 0 Å². The van der Waals surface area contributed by atoms with Crippen LogP contribution in [-0.4, -0.2) is 29.5 Å². The normalized spacial score (nSPS) is 12.1. The maximum atomic E-state index is 10.5. The first-order chi connectivity index (χ1) is 5.54. The van der Waals surface area contributed by atoms with Crippen LogP contribution in [0.15, 0.2) is 0 Å². The van der Waals surface area contributed by atoms with Crippen molar-refractivity contribution in [3.8, 4) is 0 Å². The van der Waals surface area contributed by atoms with Gasteiger partial charge in [0, 0.05) is 12.3 Å². The third-order valence-electron chi connectivity index (χ3n) is 1.17. The van der Waals surface area contributed by atoms with Gasteiger partial charge in [-0.15, -0.1) is 11.8 Å². The van der Waals surface area contributed by atoms with Gasteiger partial charge in [0.1, 0.15) is 0 Å². The Balaban J connectivity index is 3.31. The predicted octanol–water partition coefficient (Wildman–Crippen LogP) is -0.738. The molecule has 5 N–H and O–H groups in total. The molecule has 0 saturated heterocycles. The van der Waals surface area contributed by atoms with E-state index in [1.165, 1.54) is 11.8 Å². The number of rotatable bonds is 5. The molecule has 0 aromatic rings. The third-order valence-corrected chi connectivity index (χ3v) is 2.34. The summed E-state index contributed by atoms with van der Waals surface area (Å²) >= 11 is 1.38. The maximum absolute atomic E-state index is 10.5. The number of amides is 3. The minimum atomic E-state index is -0.553. The van der Waals surface area contributed by atoms with Crippen molar-refractivity contribution in [2.24, 2.45) is 11.5 Å². The van der Waals surface area contributed by atoms with Crippen molar-refractivity contribution in [3.63, 3.8) is 0 Å². The van der Waals surface area contributed by atoms with Gasteiger partial charge in [-0.2, -0.15) is 0 Å². The fourth-order valence-corrected chi connectivity index (χ4v) is 1.23. The van der Waals surface area contributed by atoms with Gasteiger partial charge in [-0.25, -0.2) is 4.79 Å². The highest BCUT2D eigenvalue weighted by Crippen LogP contribution is 2.07. The number of urea groups is 1. The van der Waals surface area contributed by atoms with Gasteiger partial charge in [-0.1, -0.05) is 0 Å². The number of carbonyl (C=O) groups is 2. The third kappa shape index (κ3) is 5.84. The van der Waals surface area contributed by atoms with Crippen molar-refractivity contribution >= 4 is 23.7 Å². The first kappa shape index (κ1) is 11.1. The van der Waals surface area contributed by atoms with E-state index in [1.807, 2.05) is 0 Å². The van der Waals surface area contributed by atoms with E-state index >= 15 is 0 Å². The lowest BCUT2D eigenvalue weighted by Crippen LogP contribution is -2.32. The van der Waals surface area contributed by atoms with Gasteiger partial charge >= 0.3 is 6.03 Å². The smallest absolute Gasteiger partial charge is 0.312 e. The molecule has 0 aromatic heterocycles. The Morgan fingerprint density at radius 3 is 2.50 bits per heavy atom. The molecule has 0 fully saturated rings. The molecule has 0 heterocycles. The van der Waals surface area contributed by atoms with Crippen molar-refractivity contribution < 1.29 is 9.59 Å². The van der Waals surface area contributed by atoms with Crippen LogP contribution in [0, 0.1) is 0 Å². The first-order valence-electron chi connectivity index (χ1n) is 3.48. The molecule has 0 aliphatic carbocycles. The summed E-state index contributed by atoms with van der Waals surface area (Å²) in [6.45, 7) is 2.18. The second-order valence-corrected chi connectivity index (χ2v) is 3.66. The fourth-order valence-electron chi connectivity index (χ4n) is 0.492. The zero-order chi connectivity index (χ0) is 9.56. The van der Waals surface area contributed by atoms with E-state index in [2.05, 4.69) is 5.32 Å². The minimum absolute atomic E-state index is 0.223. The van der Waals surface area contributed by atoms with E-state index in [1.54, 1.807) is 6.92 Å². The summed E-state index contributed by atoms with van der Waals surface area (Å²) in [5.41, 5.74) is 9.82. The Labute approximate surface area is 75.2 Å². The summed E-state index contributed by atoms with van der Waals surface area (Å²) in [7, 11) is 0. The van der Waals surface area contributed by atoms with Crippen LogP contribution in [0.4, 0.5) is 4.79 Å².